The van der Waals surface area contributed by atoms with Gasteiger partial charge >= 0.3 is 0 Å². The van der Waals surface area contributed by atoms with Crippen LogP contribution in [0.4, 0.5) is 0 Å². The molecule has 0 rings (SSSR count). The molecule has 0 saturated heterocycles. The predicted octanol–water partition coefficient (Wildman–Crippen LogP) is 1.93. The lowest BCUT2D eigenvalue weighted by Gasteiger charge is -2.36. The van der Waals surface area contributed by atoms with Gasteiger partial charge < -0.3 is 14.4 Å². The second-order valence-electron chi connectivity index (χ2n) is 5.64. The van der Waals surface area contributed by atoms with Crippen molar-refractivity contribution in [2.24, 2.45) is 0 Å². The molecule has 92 valence electrons. The molecular weight excluding hydrogens is 206 g/mol. The van der Waals surface area contributed by atoms with Gasteiger partial charge in [-0.1, -0.05) is 20.8 Å². The van der Waals surface area contributed by atoms with E-state index >= 15 is 0 Å². The van der Waals surface area contributed by atoms with Gasteiger partial charge in [0.1, 0.15) is 0 Å². The summed E-state index contributed by atoms with van der Waals surface area (Å²) in [4.78, 5) is 2.09. The highest BCUT2D eigenvalue weighted by molar-refractivity contribution is 6.74. The molecule has 4 heteroatoms. The maximum Gasteiger partial charge on any atom is 0.192 e. The summed E-state index contributed by atoms with van der Waals surface area (Å²) in [6.45, 7) is 13.9. The van der Waals surface area contributed by atoms with Crippen molar-refractivity contribution < 1.29 is 9.53 Å². The lowest BCUT2D eigenvalue weighted by molar-refractivity contribution is 0.186. The van der Waals surface area contributed by atoms with Crippen LogP contribution in [-0.2, 0) is 4.43 Å². The first kappa shape index (κ1) is 15.1. The quantitative estimate of drug-likeness (QED) is 0.712. The van der Waals surface area contributed by atoms with E-state index in [1.54, 1.807) is 0 Å². The molecule has 0 fully saturated rings. The molecule has 0 bridgehead atoms. The third-order valence-electron chi connectivity index (χ3n) is 3.22. The molecule has 0 aliphatic heterocycles. The fraction of sp³-hybridized carbons (Fsp3) is 1.00. The van der Waals surface area contributed by atoms with Gasteiger partial charge in [0.2, 0.25) is 0 Å². The number of aliphatic hydroxyl groups excluding tert-OH is 1. The minimum atomic E-state index is -1.58. The van der Waals surface area contributed by atoms with E-state index in [0.717, 1.165) is 19.7 Å². The largest absolute Gasteiger partial charge is 0.416 e. The van der Waals surface area contributed by atoms with E-state index in [-0.39, 0.29) is 11.6 Å². The maximum atomic E-state index is 8.75. The topological polar surface area (TPSA) is 32.7 Å². The minimum absolute atomic E-state index is 0.219. The fourth-order valence-electron chi connectivity index (χ4n) is 0.956. The second-order valence-corrected chi connectivity index (χ2v) is 10.4. The van der Waals surface area contributed by atoms with Gasteiger partial charge in [0.05, 0.1) is 6.61 Å². The van der Waals surface area contributed by atoms with E-state index in [1.165, 1.54) is 0 Å². The van der Waals surface area contributed by atoms with Crippen LogP contribution < -0.4 is 0 Å². The number of rotatable bonds is 6. The summed E-state index contributed by atoms with van der Waals surface area (Å²) >= 11 is 0. The summed E-state index contributed by atoms with van der Waals surface area (Å²) in [5, 5.41) is 9.03. The molecular formula is C11H27NO2Si. The number of aliphatic hydroxyl groups is 1. The Morgan fingerprint density at radius 2 is 1.73 bits per heavy atom. The van der Waals surface area contributed by atoms with Crippen molar-refractivity contribution in [3.05, 3.63) is 0 Å². The van der Waals surface area contributed by atoms with Gasteiger partial charge in [0.15, 0.2) is 8.32 Å². The number of hydrogen-bond donors (Lipinski definition) is 1. The first-order valence-corrected chi connectivity index (χ1v) is 8.55. The fourth-order valence-corrected chi connectivity index (χ4v) is 1.99. The van der Waals surface area contributed by atoms with Gasteiger partial charge in [0.25, 0.3) is 0 Å². The molecule has 0 saturated carbocycles. The molecule has 0 unspecified atom stereocenters. The molecule has 0 aromatic carbocycles. The summed E-state index contributed by atoms with van der Waals surface area (Å²) in [7, 11) is 0.421. The first-order valence-electron chi connectivity index (χ1n) is 5.64. The van der Waals surface area contributed by atoms with Crippen LogP contribution in [0, 0.1) is 0 Å². The SMILES string of the molecule is CN(CCO)CCO[Si](C)(C)C(C)(C)C. The third kappa shape index (κ3) is 5.66. The monoisotopic (exact) mass is 233 g/mol. The average Bonchev–Trinajstić information content (AvgIpc) is 2.01. The molecule has 0 heterocycles. The highest BCUT2D eigenvalue weighted by atomic mass is 28.4. The lowest BCUT2D eigenvalue weighted by atomic mass is 10.2. The highest BCUT2D eigenvalue weighted by Crippen LogP contribution is 2.36. The van der Waals surface area contributed by atoms with Gasteiger partial charge in [-0.25, -0.2) is 0 Å². The van der Waals surface area contributed by atoms with E-state index < -0.39 is 8.32 Å². The Kier molecular flexibility index (Phi) is 6.03. The molecule has 0 atom stereocenters. The van der Waals surface area contributed by atoms with Crippen molar-refractivity contribution >= 4 is 8.32 Å². The van der Waals surface area contributed by atoms with Crippen LogP contribution in [0.15, 0.2) is 0 Å². The molecule has 0 aromatic heterocycles. The Hall–Kier alpha value is 0.0969. The molecule has 15 heavy (non-hydrogen) atoms. The van der Waals surface area contributed by atoms with Crippen molar-refractivity contribution in [1.82, 2.24) is 4.90 Å². The van der Waals surface area contributed by atoms with Crippen molar-refractivity contribution in [2.75, 3.05) is 33.4 Å². The van der Waals surface area contributed by atoms with Crippen LogP contribution in [0.5, 0.6) is 0 Å². The summed E-state index contributed by atoms with van der Waals surface area (Å²) in [6, 6.07) is 0. The predicted molar refractivity (Wildman–Crippen MR) is 67.7 cm³/mol. The van der Waals surface area contributed by atoms with E-state index in [9.17, 15) is 0 Å². The van der Waals surface area contributed by atoms with E-state index in [0.29, 0.717) is 0 Å². The average molecular weight is 233 g/mol. The summed E-state index contributed by atoms with van der Waals surface area (Å²) in [6.07, 6.45) is 0. The molecule has 1 N–H and O–H groups in total. The van der Waals surface area contributed by atoms with Gasteiger partial charge in [-0.15, -0.1) is 0 Å². The van der Waals surface area contributed by atoms with Crippen LogP contribution >= 0.6 is 0 Å². The lowest BCUT2D eigenvalue weighted by Crippen LogP contribution is -2.42. The molecule has 0 aliphatic carbocycles. The van der Waals surface area contributed by atoms with Crippen LogP contribution in [0.25, 0.3) is 0 Å². The van der Waals surface area contributed by atoms with Gasteiger partial charge in [-0.05, 0) is 25.2 Å². The van der Waals surface area contributed by atoms with Crippen molar-refractivity contribution in [3.63, 3.8) is 0 Å². The zero-order valence-corrected chi connectivity index (χ0v) is 12.1. The Morgan fingerprint density at radius 1 is 1.20 bits per heavy atom. The van der Waals surface area contributed by atoms with Gasteiger partial charge in [0, 0.05) is 19.7 Å². The smallest absolute Gasteiger partial charge is 0.192 e. The Morgan fingerprint density at radius 3 is 2.13 bits per heavy atom. The van der Waals surface area contributed by atoms with Crippen molar-refractivity contribution in [1.29, 1.82) is 0 Å². The van der Waals surface area contributed by atoms with Crippen molar-refractivity contribution in [3.8, 4) is 0 Å². The van der Waals surface area contributed by atoms with Crippen LogP contribution in [0.3, 0.4) is 0 Å². The van der Waals surface area contributed by atoms with Crippen LogP contribution in [0.2, 0.25) is 18.1 Å². The summed E-state index contributed by atoms with van der Waals surface area (Å²) < 4.78 is 6.03. The molecule has 0 amide bonds. The van der Waals surface area contributed by atoms with E-state index in [4.69, 9.17) is 9.53 Å². The molecule has 0 radical (unpaired) electrons. The zero-order chi connectivity index (χ0) is 12.1. The van der Waals surface area contributed by atoms with E-state index in [1.807, 2.05) is 7.05 Å². The minimum Gasteiger partial charge on any atom is -0.416 e. The molecule has 0 aromatic rings. The molecule has 0 aliphatic rings. The van der Waals surface area contributed by atoms with Crippen LogP contribution in [0.1, 0.15) is 20.8 Å². The van der Waals surface area contributed by atoms with Crippen LogP contribution in [-0.4, -0.2) is 51.7 Å². The Labute approximate surface area is 95.6 Å². The number of likely N-dealkylation sites (N-methyl/N-ethyl adjacent to an activating group) is 1. The normalized spacial score (nSPS) is 13.6. The molecule has 3 nitrogen and oxygen atoms in total. The standard InChI is InChI=1S/C11H27NO2Si/c1-11(2,3)15(5,6)14-10-8-12(4)7-9-13/h13H,7-10H2,1-6H3. The first-order chi connectivity index (χ1) is 6.70. The third-order valence-corrected chi connectivity index (χ3v) is 7.76. The summed E-state index contributed by atoms with van der Waals surface area (Å²) in [5.74, 6) is 0. The maximum absolute atomic E-state index is 8.75. The zero-order valence-electron chi connectivity index (χ0n) is 11.1. The van der Waals surface area contributed by atoms with Gasteiger partial charge in [-0.3, -0.25) is 0 Å². The van der Waals surface area contributed by atoms with E-state index in [2.05, 4.69) is 38.8 Å². The van der Waals surface area contributed by atoms with Crippen molar-refractivity contribution in [2.45, 2.75) is 38.9 Å². The Bertz CT molecular complexity index is 178. The second kappa shape index (κ2) is 5.99. The Balaban J connectivity index is 3.85. The highest BCUT2D eigenvalue weighted by Gasteiger charge is 2.36. The van der Waals surface area contributed by atoms with Gasteiger partial charge in [-0.2, -0.15) is 0 Å². The summed E-state index contributed by atoms with van der Waals surface area (Å²) in [5.41, 5.74) is 0. The molecule has 0 spiro atoms. The number of hydrogen-bond acceptors (Lipinski definition) is 3. The number of nitrogens with zero attached hydrogens (tertiary/aromatic N) is 1.